The third-order valence-electron chi connectivity index (χ3n) is 7.10. The first-order valence-electron chi connectivity index (χ1n) is 12.9. The molecule has 1 fully saturated rings. The molecule has 0 radical (unpaired) electrons. The van der Waals surface area contributed by atoms with Gasteiger partial charge in [0.05, 0.1) is 23.3 Å². The Kier molecular flexibility index (Phi) is 7.61. The van der Waals surface area contributed by atoms with Crippen LogP contribution >= 0.6 is 12.2 Å². The molecule has 0 amide bonds. The highest BCUT2D eigenvalue weighted by Crippen LogP contribution is 2.41. The molecular formula is C30H30F3N5S. The van der Waals surface area contributed by atoms with Gasteiger partial charge in [0.2, 0.25) is 0 Å². The summed E-state index contributed by atoms with van der Waals surface area (Å²) in [7, 11) is 0. The second-order valence-electron chi connectivity index (χ2n) is 9.68. The van der Waals surface area contributed by atoms with Gasteiger partial charge in [-0.05, 0) is 86.6 Å². The number of aromatic nitrogens is 2. The largest absolute Gasteiger partial charge is 0.416 e. The minimum absolute atomic E-state index is 0.171. The van der Waals surface area contributed by atoms with Gasteiger partial charge in [0.15, 0.2) is 5.11 Å². The highest BCUT2D eigenvalue weighted by Gasteiger charge is 2.41. The smallest absolute Gasteiger partial charge is 0.385 e. The minimum atomic E-state index is -4.41. The van der Waals surface area contributed by atoms with Gasteiger partial charge in [-0.25, -0.2) is 0 Å². The van der Waals surface area contributed by atoms with Gasteiger partial charge in [0.25, 0.3) is 0 Å². The van der Waals surface area contributed by atoms with Crippen molar-refractivity contribution in [2.24, 2.45) is 0 Å². The summed E-state index contributed by atoms with van der Waals surface area (Å²) in [4.78, 5) is 6.78. The first-order valence-corrected chi connectivity index (χ1v) is 13.3. The van der Waals surface area contributed by atoms with Gasteiger partial charge in [-0.15, -0.1) is 0 Å². The fraction of sp³-hybridized carbons (Fsp3) is 0.267. The minimum Gasteiger partial charge on any atom is -0.385 e. The molecular weight excluding hydrogens is 519 g/mol. The topological polar surface area (TPSA) is 45.1 Å². The molecule has 4 aromatic rings. The molecule has 0 aliphatic carbocycles. The normalized spacial score (nSPS) is 17.4. The zero-order valence-electron chi connectivity index (χ0n) is 21.7. The molecule has 0 bridgehead atoms. The van der Waals surface area contributed by atoms with Gasteiger partial charge >= 0.3 is 6.18 Å². The lowest BCUT2D eigenvalue weighted by molar-refractivity contribution is -0.137. The average Bonchev–Trinajstić information content (AvgIpc) is 3.41. The predicted molar refractivity (Wildman–Crippen MR) is 152 cm³/mol. The van der Waals surface area contributed by atoms with Crippen LogP contribution in [0, 0.1) is 13.8 Å². The molecule has 0 unspecified atom stereocenters. The number of halogens is 3. The highest BCUT2D eigenvalue weighted by molar-refractivity contribution is 7.80. The Labute approximate surface area is 231 Å². The maximum Gasteiger partial charge on any atom is 0.416 e. The molecule has 2 N–H and O–H groups in total. The van der Waals surface area contributed by atoms with E-state index < -0.39 is 11.7 Å². The number of benzene rings is 2. The number of nitrogens with zero attached hydrogens (tertiary/aromatic N) is 3. The van der Waals surface area contributed by atoms with E-state index in [2.05, 4.69) is 26.6 Å². The number of nitrogens with one attached hydrogen (secondary N) is 2. The summed E-state index contributed by atoms with van der Waals surface area (Å²) in [6.45, 7) is 5.34. The van der Waals surface area contributed by atoms with Crippen molar-refractivity contribution < 1.29 is 13.2 Å². The number of para-hydroxylation sites is 1. The van der Waals surface area contributed by atoms with E-state index in [1.165, 1.54) is 12.1 Å². The third-order valence-corrected chi connectivity index (χ3v) is 7.45. The lowest BCUT2D eigenvalue weighted by atomic mass is 9.96. The number of aryl methyl sites for hydroxylation is 1. The molecule has 3 heterocycles. The Balaban J connectivity index is 1.47. The summed E-state index contributed by atoms with van der Waals surface area (Å²) >= 11 is 5.81. The van der Waals surface area contributed by atoms with Gasteiger partial charge in [0.1, 0.15) is 0 Å². The van der Waals surface area contributed by atoms with E-state index in [0.29, 0.717) is 17.3 Å². The lowest BCUT2D eigenvalue weighted by Crippen LogP contribution is -2.31. The van der Waals surface area contributed by atoms with Crippen molar-refractivity contribution in [3.63, 3.8) is 0 Å². The van der Waals surface area contributed by atoms with Crippen LogP contribution in [0.25, 0.3) is 5.69 Å². The number of thiocarbonyl (C=S) groups is 1. The number of hydrogen-bond donors (Lipinski definition) is 2. The number of alkyl halides is 3. The molecule has 1 aliphatic rings. The van der Waals surface area contributed by atoms with E-state index in [-0.39, 0.29) is 12.1 Å². The first-order chi connectivity index (χ1) is 18.7. The van der Waals surface area contributed by atoms with Crippen LogP contribution in [0.2, 0.25) is 0 Å². The molecule has 5 rings (SSSR count). The monoisotopic (exact) mass is 549 g/mol. The Bertz CT molecular complexity index is 1440. The summed E-state index contributed by atoms with van der Waals surface area (Å²) in [6, 6.07) is 23.0. The van der Waals surface area contributed by atoms with E-state index in [4.69, 9.17) is 12.2 Å². The fourth-order valence-electron chi connectivity index (χ4n) is 5.33. The Morgan fingerprint density at radius 3 is 2.46 bits per heavy atom. The van der Waals surface area contributed by atoms with E-state index in [9.17, 15) is 13.2 Å². The summed E-state index contributed by atoms with van der Waals surface area (Å²) in [5.74, 6) is 0. The van der Waals surface area contributed by atoms with Crippen molar-refractivity contribution in [2.45, 2.75) is 38.5 Å². The zero-order valence-corrected chi connectivity index (χ0v) is 22.6. The molecule has 39 heavy (non-hydrogen) atoms. The van der Waals surface area contributed by atoms with E-state index in [0.717, 1.165) is 47.4 Å². The molecule has 2 aromatic heterocycles. The average molecular weight is 550 g/mol. The van der Waals surface area contributed by atoms with E-state index in [1.54, 1.807) is 12.3 Å². The summed E-state index contributed by atoms with van der Waals surface area (Å²) in [6.07, 6.45) is -1.81. The van der Waals surface area contributed by atoms with Crippen LogP contribution in [-0.2, 0) is 6.18 Å². The molecule has 0 spiro atoms. The van der Waals surface area contributed by atoms with Crippen molar-refractivity contribution in [1.82, 2.24) is 19.8 Å². The van der Waals surface area contributed by atoms with Crippen LogP contribution in [0.3, 0.4) is 0 Å². The van der Waals surface area contributed by atoms with Crippen molar-refractivity contribution in [2.75, 3.05) is 18.4 Å². The standard InChI is InChI=1S/C30H30F3N5S/c1-20-18-25(21(2)38(20)24-13-8-10-22(19-24)30(31,32)33)28-27(26-14-6-7-15-35-26)36-29(39)37(28)17-9-16-34-23-11-4-3-5-12-23/h3-8,10-15,18-19,27-28,34H,9,16-17H2,1-2H3,(H,36,39)/t27-,28-/m1/s1. The zero-order chi connectivity index (χ0) is 27.6. The van der Waals surface area contributed by atoms with Crippen molar-refractivity contribution in [3.8, 4) is 5.69 Å². The van der Waals surface area contributed by atoms with E-state index in [1.807, 2.05) is 66.9 Å². The van der Waals surface area contributed by atoms with Crippen molar-refractivity contribution in [1.29, 1.82) is 0 Å². The lowest BCUT2D eigenvalue weighted by Gasteiger charge is -2.28. The maximum absolute atomic E-state index is 13.5. The fourth-order valence-corrected chi connectivity index (χ4v) is 5.66. The molecule has 202 valence electrons. The van der Waals surface area contributed by atoms with Gasteiger partial charge in [-0.2, -0.15) is 13.2 Å². The molecule has 2 aromatic carbocycles. The quantitative estimate of drug-likeness (QED) is 0.183. The van der Waals surface area contributed by atoms with Gasteiger partial charge in [-0.1, -0.05) is 30.3 Å². The second kappa shape index (κ2) is 11.1. The Hall–Kier alpha value is -3.85. The third kappa shape index (κ3) is 5.63. The molecule has 0 saturated carbocycles. The van der Waals surface area contributed by atoms with Crippen LogP contribution in [0.1, 0.15) is 46.7 Å². The van der Waals surface area contributed by atoms with Crippen molar-refractivity contribution in [3.05, 3.63) is 113 Å². The van der Waals surface area contributed by atoms with Crippen LogP contribution in [-0.4, -0.2) is 32.7 Å². The number of rotatable bonds is 8. The number of hydrogen-bond acceptors (Lipinski definition) is 3. The molecule has 1 saturated heterocycles. The number of anilines is 1. The molecule has 2 atom stereocenters. The summed E-state index contributed by atoms with van der Waals surface area (Å²) in [5, 5.41) is 7.55. The van der Waals surface area contributed by atoms with Gasteiger partial charge < -0.3 is 20.1 Å². The molecule has 5 nitrogen and oxygen atoms in total. The van der Waals surface area contributed by atoms with Crippen LogP contribution in [0.15, 0.2) is 85.1 Å². The SMILES string of the molecule is Cc1cc([C@@H]2[C@@H](c3ccccn3)NC(=S)N2CCCNc2ccccc2)c(C)n1-c1cccc(C(F)(F)F)c1. The van der Waals surface area contributed by atoms with Gasteiger partial charge in [0, 0.05) is 42.0 Å². The van der Waals surface area contributed by atoms with Crippen LogP contribution in [0.4, 0.5) is 18.9 Å². The predicted octanol–water partition coefficient (Wildman–Crippen LogP) is 6.98. The first kappa shape index (κ1) is 26.7. The highest BCUT2D eigenvalue weighted by atomic mass is 32.1. The van der Waals surface area contributed by atoms with Crippen molar-refractivity contribution >= 4 is 23.0 Å². The Morgan fingerprint density at radius 1 is 0.974 bits per heavy atom. The maximum atomic E-state index is 13.5. The van der Waals surface area contributed by atoms with E-state index >= 15 is 0 Å². The summed E-state index contributed by atoms with van der Waals surface area (Å²) < 4.78 is 42.3. The summed E-state index contributed by atoms with van der Waals surface area (Å²) in [5.41, 5.74) is 4.46. The van der Waals surface area contributed by atoms with Crippen LogP contribution in [0.5, 0.6) is 0 Å². The molecule has 9 heteroatoms. The number of pyridine rings is 1. The molecule has 1 aliphatic heterocycles. The Morgan fingerprint density at radius 2 is 1.74 bits per heavy atom. The second-order valence-corrected chi connectivity index (χ2v) is 10.1. The van der Waals surface area contributed by atoms with Gasteiger partial charge in [-0.3, -0.25) is 4.98 Å². The van der Waals surface area contributed by atoms with Crippen LogP contribution < -0.4 is 10.6 Å².